The van der Waals surface area contributed by atoms with E-state index in [-0.39, 0.29) is 10.6 Å². The van der Waals surface area contributed by atoms with E-state index in [9.17, 15) is 13.2 Å². The summed E-state index contributed by atoms with van der Waals surface area (Å²) in [7, 11) is -4.45. The molecule has 1 aliphatic rings. The number of benzene rings is 1. The molecule has 0 aliphatic carbocycles. The summed E-state index contributed by atoms with van der Waals surface area (Å²) in [5.41, 5.74) is 0.861. The fraction of sp³-hybridized carbons (Fsp3) is 0.100. The molecular weight excluding hydrogens is 280 g/mol. The summed E-state index contributed by atoms with van der Waals surface area (Å²) in [5.74, 6) is -0.559. The minimum atomic E-state index is -4.45. The molecule has 1 aromatic carbocycles. The van der Waals surface area contributed by atoms with Crippen LogP contribution in [0.3, 0.4) is 0 Å². The number of carbonyl (C=O) groups excluding carboxylic acids is 1. The zero-order valence-corrected chi connectivity index (χ0v) is 10.7. The second kappa shape index (κ2) is 4.27. The average molecular weight is 287 g/mol. The Morgan fingerprint density at radius 1 is 1.28 bits per heavy atom. The molecule has 6 nitrogen and oxygen atoms in total. The molecule has 0 saturated carbocycles. The van der Waals surface area contributed by atoms with E-state index in [2.05, 4.69) is 10.2 Å². The lowest BCUT2D eigenvalue weighted by atomic mass is 10.0. The van der Waals surface area contributed by atoms with Crippen LogP contribution in [0.15, 0.2) is 39.0 Å². The molecule has 1 amide bonds. The quantitative estimate of drug-likeness (QED) is 0.844. The second-order valence-electron chi connectivity index (χ2n) is 3.59. The van der Waals surface area contributed by atoms with E-state index in [1.807, 2.05) is 0 Å². The summed E-state index contributed by atoms with van der Waals surface area (Å²) >= 11 is 5.67. The summed E-state index contributed by atoms with van der Waals surface area (Å²) < 4.78 is 31.2. The lowest BCUT2D eigenvalue weighted by Gasteiger charge is -2.05. The molecule has 0 aromatic heterocycles. The van der Waals surface area contributed by atoms with E-state index < -0.39 is 20.9 Å². The fourth-order valence-corrected chi connectivity index (χ4v) is 2.56. The maximum atomic E-state index is 11.5. The number of amides is 1. The van der Waals surface area contributed by atoms with E-state index in [1.54, 1.807) is 6.92 Å². The van der Waals surface area contributed by atoms with Crippen molar-refractivity contribution in [2.45, 2.75) is 11.8 Å². The molecule has 1 N–H and O–H groups in total. The van der Waals surface area contributed by atoms with Gasteiger partial charge in [-0.25, -0.2) is 0 Å². The molecule has 2 rings (SSSR count). The highest BCUT2D eigenvalue weighted by Gasteiger charge is 2.23. The Labute approximate surface area is 108 Å². The van der Waals surface area contributed by atoms with Crippen LogP contribution in [-0.2, 0) is 14.9 Å². The van der Waals surface area contributed by atoms with Gasteiger partial charge in [0.25, 0.3) is 16.0 Å². The van der Waals surface area contributed by atoms with Gasteiger partial charge in [0.15, 0.2) is 0 Å². The number of carbonyl (C=O) groups is 1. The Bertz CT molecular complexity index is 707. The lowest BCUT2D eigenvalue weighted by Crippen LogP contribution is -2.02. The van der Waals surface area contributed by atoms with Crippen LogP contribution < -0.4 is 0 Å². The van der Waals surface area contributed by atoms with Crippen LogP contribution in [0.1, 0.15) is 12.5 Å². The van der Waals surface area contributed by atoms with E-state index in [4.69, 9.17) is 16.2 Å². The predicted octanol–water partition coefficient (Wildman–Crippen LogP) is 2.31. The highest BCUT2D eigenvalue weighted by molar-refractivity contribution is 7.86. The van der Waals surface area contributed by atoms with E-state index in [0.717, 1.165) is 6.07 Å². The molecule has 94 valence electrons. The summed E-state index contributed by atoms with van der Waals surface area (Å²) in [6.45, 7) is 1.57. The van der Waals surface area contributed by atoms with Crippen molar-refractivity contribution < 1.29 is 17.8 Å². The molecule has 0 fully saturated rings. The van der Waals surface area contributed by atoms with Crippen LogP contribution >= 0.6 is 11.6 Å². The summed E-state index contributed by atoms with van der Waals surface area (Å²) in [5, 5.41) is 6.83. The molecule has 1 aliphatic heterocycles. The third-order valence-electron chi connectivity index (χ3n) is 2.36. The second-order valence-corrected chi connectivity index (χ2v) is 5.38. The minimum absolute atomic E-state index is 0.126. The van der Waals surface area contributed by atoms with Gasteiger partial charge in [0.2, 0.25) is 0 Å². The standard InChI is InChI=1S/C10H7ClN2O4S/c1-5-9(10(14)13-12-5)6-2-3-7(11)8(4-6)18(15,16)17/h2-4H,1H3,(H,15,16,17). The van der Waals surface area contributed by atoms with Gasteiger partial charge in [0.05, 0.1) is 16.3 Å². The monoisotopic (exact) mass is 286 g/mol. The first-order chi connectivity index (χ1) is 8.30. The number of hydrogen-bond acceptors (Lipinski definition) is 4. The summed E-state index contributed by atoms with van der Waals surface area (Å²) in [6, 6.07) is 3.86. The van der Waals surface area contributed by atoms with Crippen LogP contribution in [-0.4, -0.2) is 18.9 Å². The van der Waals surface area contributed by atoms with Gasteiger partial charge in [-0.2, -0.15) is 13.5 Å². The zero-order valence-electron chi connectivity index (χ0n) is 9.08. The maximum Gasteiger partial charge on any atom is 0.297 e. The van der Waals surface area contributed by atoms with Gasteiger partial charge in [-0.05, 0) is 24.6 Å². The van der Waals surface area contributed by atoms with E-state index in [0.29, 0.717) is 11.3 Å². The number of azo groups is 1. The fourth-order valence-electron chi connectivity index (χ4n) is 1.56. The van der Waals surface area contributed by atoms with Crippen molar-refractivity contribution in [1.29, 1.82) is 0 Å². The van der Waals surface area contributed by atoms with Crippen molar-refractivity contribution in [1.82, 2.24) is 0 Å². The largest absolute Gasteiger partial charge is 0.297 e. The number of halogens is 1. The van der Waals surface area contributed by atoms with Crippen LogP contribution in [0.25, 0.3) is 5.57 Å². The van der Waals surface area contributed by atoms with Gasteiger partial charge in [-0.15, -0.1) is 5.11 Å². The molecule has 1 heterocycles. The number of nitrogens with zero attached hydrogens (tertiary/aromatic N) is 2. The SMILES string of the molecule is CC1=C(c2ccc(Cl)c(S(=O)(=O)O)c2)C(=O)N=N1. The van der Waals surface area contributed by atoms with Crippen molar-refractivity contribution in [3.63, 3.8) is 0 Å². The minimum Gasteiger partial charge on any atom is -0.282 e. The zero-order chi connectivity index (χ0) is 13.5. The number of rotatable bonds is 2. The van der Waals surface area contributed by atoms with E-state index >= 15 is 0 Å². The molecule has 1 aromatic rings. The third kappa shape index (κ3) is 2.20. The molecular formula is C10H7ClN2O4S. The van der Waals surface area contributed by atoms with Crippen molar-refractivity contribution in [3.05, 3.63) is 34.5 Å². The first-order valence-electron chi connectivity index (χ1n) is 4.75. The van der Waals surface area contributed by atoms with Crippen LogP contribution in [0, 0.1) is 0 Å². The third-order valence-corrected chi connectivity index (χ3v) is 3.70. The van der Waals surface area contributed by atoms with Crippen LogP contribution in [0.4, 0.5) is 0 Å². The molecule has 0 radical (unpaired) electrons. The van der Waals surface area contributed by atoms with Gasteiger partial charge in [-0.3, -0.25) is 9.35 Å². The Morgan fingerprint density at radius 2 is 1.94 bits per heavy atom. The van der Waals surface area contributed by atoms with Gasteiger partial charge in [-0.1, -0.05) is 17.7 Å². The van der Waals surface area contributed by atoms with Gasteiger partial charge in [0, 0.05) is 0 Å². The Balaban J connectivity index is 2.63. The molecule has 0 spiro atoms. The van der Waals surface area contributed by atoms with Crippen LogP contribution in [0.5, 0.6) is 0 Å². The summed E-state index contributed by atoms with van der Waals surface area (Å²) in [6.07, 6.45) is 0. The Morgan fingerprint density at radius 3 is 2.44 bits per heavy atom. The van der Waals surface area contributed by atoms with Crippen molar-refractivity contribution >= 4 is 33.2 Å². The topological polar surface area (TPSA) is 96.2 Å². The van der Waals surface area contributed by atoms with Gasteiger partial charge in [0.1, 0.15) is 4.90 Å². The molecule has 8 heteroatoms. The first kappa shape index (κ1) is 12.9. The molecule has 0 atom stereocenters. The average Bonchev–Trinajstić information content (AvgIpc) is 2.58. The normalized spacial score (nSPS) is 15.6. The Hall–Kier alpha value is -1.57. The Kier molecular flexibility index (Phi) is 3.05. The van der Waals surface area contributed by atoms with Crippen molar-refractivity contribution in [2.75, 3.05) is 0 Å². The smallest absolute Gasteiger partial charge is 0.282 e. The van der Waals surface area contributed by atoms with Crippen molar-refractivity contribution in [2.24, 2.45) is 10.2 Å². The van der Waals surface area contributed by atoms with Gasteiger partial charge >= 0.3 is 0 Å². The van der Waals surface area contributed by atoms with Crippen molar-refractivity contribution in [3.8, 4) is 0 Å². The highest BCUT2D eigenvalue weighted by Crippen LogP contribution is 2.30. The first-order valence-corrected chi connectivity index (χ1v) is 6.57. The maximum absolute atomic E-state index is 11.5. The van der Waals surface area contributed by atoms with E-state index in [1.165, 1.54) is 12.1 Å². The number of hydrogen-bond donors (Lipinski definition) is 1. The summed E-state index contributed by atoms with van der Waals surface area (Å²) in [4.78, 5) is 11.0. The highest BCUT2D eigenvalue weighted by atomic mass is 35.5. The van der Waals surface area contributed by atoms with Crippen LogP contribution in [0.2, 0.25) is 5.02 Å². The molecule has 0 saturated heterocycles. The predicted molar refractivity (Wildman–Crippen MR) is 63.7 cm³/mol. The molecule has 0 unspecified atom stereocenters. The molecule has 0 bridgehead atoms. The van der Waals surface area contributed by atoms with Gasteiger partial charge < -0.3 is 0 Å². The molecule has 18 heavy (non-hydrogen) atoms. The number of allylic oxidation sites excluding steroid dienone is 1. The lowest BCUT2D eigenvalue weighted by molar-refractivity contribution is -0.112.